The van der Waals surface area contributed by atoms with Crippen molar-refractivity contribution in [2.75, 3.05) is 13.1 Å². The molecule has 7 heteroatoms. The standard InChI is InChI=1S/C20H23BrN4O2/c1-20(2,3)27-19(26)24-9-7-15(8-10-24)25-13-14(12-23-25)16-5-4-6-18(21)17(16)11-22/h4-6,12-13,15H,7-10H2,1-3H3. The maximum atomic E-state index is 12.2. The summed E-state index contributed by atoms with van der Waals surface area (Å²) >= 11 is 3.43. The molecule has 1 fully saturated rings. The number of nitrogens with zero attached hydrogens (tertiary/aromatic N) is 4. The van der Waals surface area contributed by atoms with Gasteiger partial charge in [0.2, 0.25) is 0 Å². The highest BCUT2D eigenvalue weighted by Crippen LogP contribution is 2.30. The number of rotatable bonds is 2. The summed E-state index contributed by atoms with van der Waals surface area (Å²) in [6, 6.07) is 8.18. The van der Waals surface area contributed by atoms with E-state index in [1.54, 1.807) is 11.1 Å². The van der Waals surface area contributed by atoms with Crippen LogP contribution in [0.1, 0.15) is 45.2 Å². The lowest BCUT2D eigenvalue weighted by atomic mass is 10.0. The van der Waals surface area contributed by atoms with Crippen LogP contribution in [0.2, 0.25) is 0 Å². The second-order valence-electron chi connectivity index (χ2n) is 7.68. The number of piperidine rings is 1. The first-order valence-corrected chi connectivity index (χ1v) is 9.79. The van der Waals surface area contributed by atoms with Gasteiger partial charge in [-0.05, 0) is 55.6 Å². The van der Waals surface area contributed by atoms with Crippen LogP contribution in [0.4, 0.5) is 4.79 Å². The molecule has 0 aliphatic carbocycles. The smallest absolute Gasteiger partial charge is 0.410 e. The molecule has 1 amide bonds. The molecule has 0 bridgehead atoms. The van der Waals surface area contributed by atoms with E-state index in [0.717, 1.165) is 28.4 Å². The zero-order valence-electron chi connectivity index (χ0n) is 15.8. The molecule has 0 saturated carbocycles. The Morgan fingerprint density at radius 3 is 2.67 bits per heavy atom. The minimum atomic E-state index is -0.479. The number of benzene rings is 1. The van der Waals surface area contributed by atoms with Crippen molar-refractivity contribution in [2.45, 2.75) is 45.3 Å². The highest BCUT2D eigenvalue weighted by molar-refractivity contribution is 9.10. The Labute approximate surface area is 167 Å². The molecule has 1 aromatic carbocycles. The molecule has 27 heavy (non-hydrogen) atoms. The molecule has 1 aliphatic rings. The second-order valence-corrected chi connectivity index (χ2v) is 8.54. The second kappa shape index (κ2) is 7.73. The SMILES string of the molecule is CC(C)(C)OC(=O)N1CCC(n2cc(-c3cccc(Br)c3C#N)cn2)CC1. The normalized spacial score (nSPS) is 15.4. The topological polar surface area (TPSA) is 71.2 Å². The number of carbonyl (C=O) groups excluding carboxylic acids is 1. The highest BCUT2D eigenvalue weighted by Gasteiger charge is 2.28. The monoisotopic (exact) mass is 430 g/mol. The quantitative estimate of drug-likeness (QED) is 0.688. The van der Waals surface area contributed by atoms with Crippen LogP contribution >= 0.6 is 15.9 Å². The number of carbonyl (C=O) groups is 1. The molecule has 1 saturated heterocycles. The van der Waals surface area contributed by atoms with Gasteiger partial charge in [-0.15, -0.1) is 0 Å². The van der Waals surface area contributed by atoms with Crippen molar-refractivity contribution in [3.8, 4) is 17.2 Å². The maximum Gasteiger partial charge on any atom is 0.410 e. The average Bonchev–Trinajstić information content (AvgIpc) is 3.10. The lowest BCUT2D eigenvalue weighted by Gasteiger charge is -2.33. The zero-order chi connectivity index (χ0) is 19.6. The van der Waals surface area contributed by atoms with E-state index in [1.807, 2.05) is 49.8 Å². The number of ether oxygens (including phenoxy) is 1. The molecule has 0 spiro atoms. The fraction of sp³-hybridized carbons (Fsp3) is 0.450. The summed E-state index contributed by atoms with van der Waals surface area (Å²) in [5, 5.41) is 13.9. The van der Waals surface area contributed by atoms with Gasteiger partial charge in [0.1, 0.15) is 11.7 Å². The van der Waals surface area contributed by atoms with Crippen molar-refractivity contribution in [1.29, 1.82) is 5.26 Å². The Morgan fingerprint density at radius 2 is 2.04 bits per heavy atom. The summed E-state index contributed by atoms with van der Waals surface area (Å²) in [5.74, 6) is 0. The fourth-order valence-corrected chi connectivity index (χ4v) is 3.65. The Balaban J connectivity index is 1.68. The molecule has 0 unspecified atom stereocenters. The molecule has 1 aromatic heterocycles. The van der Waals surface area contributed by atoms with Gasteiger partial charge < -0.3 is 9.64 Å². The van der Waals surface area contributed by atoms with Gasteiger partial charge in [0.15, 0.2) is 0 Å². The largest absolute Gasteiger partial charge is 0.444 e. The van der Waals surface area contributed by atoms with E-state index in [9.17, 15) is 10.1 Å². The third-order valence-corrected chi connectivity index (χ3v) is 5.19. The summed E-state index contributed by atoms with van der Waals surface area (Å²) in [6.07, 6.45) is 5.17. The minimum absolute atomic E-state index is 0.232. The molecule has 3 rings (SSSR count). The van der Waals surface area contributed by atoms with E-state index in [1.165, 1.54) is 0 Å². The van der Waals surface area contributed by atoms with Gasteiger partial charge in [0, 0.05) is 34.9 Å². The summed E-state index contributed by atoms with van der Waals surface area (Å²) in [4.78, 5) is 14.0. The van der Waals surface area contributed by atoms with Gasteiger partial charge >= 0.3 is 6.09 Å². The van der Waals surface area contributed by atoms with Gasteiger partial charge in [0.25, 0.3) is 0 Å². The van der Waals surface area contributed by atoms with E-state index in [0.29, 0.717) is 18.7 Å². The first-order valence-electron chi connectivity index (χ1n) is 8.99. The average molecular weight is 431 g/mol. The number of hydrogen-bond acceptors (Lipinski definition) is 4. The third kappa shape index (κ3) is 4.51. The molecule has 1 aliphatic heterocycles. The lowest BCUT2D eigenvalue weighted by Crippen LogP contribution is -2.42. The molecule has 142 valence electrons. The first kappa shape index (κ1) is 19.4. The van der Waals surface area contributed by atoms with Gasteiger partial charge in [-0.1, -0.05) is 12.1 Å². The molecule has 0 atom stereocenters. The van der Waals surface area contributed by atoms with Crippen LogP contribution < -0.4 is 0 Å². The van der Waals surface area contributed by atoms with Gasteiger partial charge in [-0.25, -0.2) is 4.79 Å². The molecule has 0 radical (unpaired) electrons. The van der Waals surface area contributed by atoms with Crippen LogP contribution in [-0.2, 0) is 4.74 Å². The zero-order valence-corrected chi connectivity index (χ0v) is 17.4. The summed E-state index contributed by atoms with van der Waals surface area (Å²) in [7, 11) is 0. The van der Waals surface area contributed by atoms with Crippen LogP contribution in [0, 0.1) is 11.3 Å². The first-order chi connectivity index (χ1) is 12.8. The van der Waals surface area contributed by atoms with Gasteiger partial charge in [-0.2, -0.15) is 10.4 Å². The Hall–Kier alpha value is -2.33. The van der Waals surface area contributed by atoms with Crippen LogP contribution in [0.3, 0.4) is 0 Å². The van der Waals surface area contributed by atoms with Crippen molar-refractivity contribution in [1.82, 2.24) is 14.7 Å². The van der Waals surface area contributed by atoms with Crippen molar-refractivity contribution in [2.24, 2.45) is 0 Å². The van der Waals surface area contributed by atoms with E-state index in [4.69, 9.17) is 4.74 Å². The van der Waals surface area contributed by atoms with E-state index in [-0.39, 0.29) is 12.1 Å². The number of amides is 1. The van der Waals surface area contributed by atoms with Crippen molar-refractivity contribution >= 4 is 22.0 Å². The van der Waals surface area contributed by atoms with Crippen molar-refractivity contribution in [3.63, 3.8) is 0 Å². The number of likely N-dealkylation sites (tertiary alicyclic amines) is 1. The van der Waals surface area contributed by atoms with Crippen LogP contribution in [0.5, 0.6) is 0 Å². The molecule has 2 aromatic rings. The van der Waals surface area contributed by atoms with E-state index < -0.39 is 5.60 Å². The molecule has 2 heterocycles. The van der Waals surface area contributed by atoms with Crippen molar-refractivity contribution in [3.05, 3.63) is 40.6 Å². The number of halogens is 1. The Bertz CT molecular complexity index is 871. The minimum Gasteiger partial charge on any atom is -0.444 e. The number of nitriles is 1. The molecular formula is C20H23BrN4O2. The molecule has 0 N–H and O–H groups in total. The van der Waals surface area contributed by atoms with E-state index in [2.05, 4.69) is 27.1 Å². The molecular weight excluding hydrogens is 408 g/mol. The predicted molar refractivity (Wildman–Crippen MR) is 106 cm³/mol. The maximum absolute atomic E-state index is 12.2. The summed E-state index contributed by atoms with van der Waals surface area (Å²) < 4.78 is 8.17. The summed E-state index contributed by atoms with van der Waals surface area (Å²) in [6.45, 7) is 6.92. The number of hydrogen-bond donors (Lipinski definition) is 0. The highest BCUT2D eigenvalue weighted by atomic mass is 79.9. The third-order valence-electron chi connectivity index (χ3n) is 4.53. The Morgan fingerprint density at radius 1 is 1.33 bits per heavy atom. The van der Waals surface area contributed by atoms with Gasteiger partial charge in [-0.3, -0.25) is 4.68 Å². The van der Waals surface area contributed by atoms with Crippen LogP contribution in [-0.4, -0.2) is 39.5 Å². The summed E-state index contributed by atoms with van der Waals surface area (Å²) in [5.41, 5.74) is 1.91. The van der Waals surface area contributed by atoms with Crippen LogP contribution in [0.15, 0.2) is 35.1 Å². The Kier molecular flexibility index (Phi) is 5.56. The van der Waals surface area contributed by atoms with Gasteiger partial charge in [0.05, 0.1) is 17.8 Å². The van der Waals surface area contributed by atoms with E-state index >= 15 is 0 Å². The fourth-order valence-electron chi connectivity index (χ4n) is 3.19. The predicted octanol–water partition coefficient (Wildman–Crippen LogP) is 4.76. The van der Waals surface area contributed by atoms with Crippen molar-refractivity contribution < 1.29 is 9.53 Å². The molecule has 6 nitrogen and oxygen atoms in total. The number of aromatic nitrogens is 2. The van der Waals surface area contributed by atoms with Crippen LogP contribution in [0.25, 0.3) is 11.1 Å². The lowest BCUT2D eigenvalue weighted by molar-refractivity contribution is 0.0185.